The number of hydrogen-bond acceptors (Lipinski definition) is 9. The molecule has 0 bridgehead atoms. The first-order chi connectivity index (χ1) is 28.4. The zero-order valence-corrected chi connectivity index (χ0v) is 38.3. The molecule has 0 saturated carbocycles. The summed E-state index contributed by atoms with van der Waals surface area (Å²) in [5.41, 5.74) is -0.0957. The van der Waals surface area contributed by atoms with Crippen LogP contribution in [0, 0.1) is 0 Å². The minimum atomic E-state index is -0.447. The van der Waals surface area contributed by atoms with Crippen LogP contribution in [0.4, 0.5) is 11.4 Å². The predicted molar refractivity (Wildman–Crippen MR) is 246 cm³/mol. The fourth-order valence-corrected chi connectivity index (χ4v) is 7.87. The molecule has 0 unspecified atom stereocenters. The average Bonchev–Trinajstić information content (AvgIpc) is 3.22. The van der Waals surface area contributed by atoms with E-state index >= 15 is 0 Å². The van der Waals surface area contributed by atoms with E-state index in [1.807, 2.05) is 0 Å². The van der Waals surface area contributed by atoms with E-state index in [1.165, 1.54) is 96.3 Å². The number of unbranched alkanes of at least 4 members (excludes halogenated alkanes) is 24. The first-order valence-electron chi connectivity index (χ1n) is 24.7. The van der Waals surface area contributed by atoms with Crippen molar-refractivity contribution in [2.45, 2.75) is 239 Å². The van der Waals surface area contributed by atoms with E-state index in [0.717, 1.165) is 122 Å². The summed E-state index contributed by atoms with van der Waals surface area (Å²) in [7, 11) is 1.67. The van der Waals surface area contributed by atoms with Crippen molar-refractivity contribution >= 4 is 23.3 Å². The van der Waals surface area contributed by atoms with E-state index in [1.54, 1.807) is 7.05 Å². The molecular formula is C49H91N3O6. The predicted octanol–water partition coefficient (Wildman–Crippen LogP) is 12.4. The summed E-state index contributed by atoms with van der Waals surface area (Å²) < 4.78 is 11.5. The Morgan fingerprint density at radius 2 is 0.914 bits per heavy atom. The van der Waals surface area contributed by atoms with Crippen LogP contribution in [0.3, 0.4) is 0 Å². The molecule has 9 heteroatoms. The van der Waals surface area contributed by atoms with Gasteiger partial charge in [0.15, 0.2) is 0 Å². The third-order valence-electron chi connectivity index (χ3n) is 11.7. The number of hydrogen-bond donors (Lipinski definition) is 2. The van der Waals surface area contributed by atoms with E-state index in [-0.39, 0.29) is 18.0 Å². The maximum atomic E-state index is 12.8. The highest BCUT2D eigenvalue weighted by molar-refractivity contribution is 5.73. The molecule has 1 aromatic rings. The van der Waals surface area contributed by atoms with Gasteiger partial charge in [-0.25, -0.2) is 0 Å². The van der Waals surface area contributed by atoms with Gasteiger partial charge in [0.2, 0.25) is 0 Å². The van der Waals surface area contributed by atoms with E-state index < -0.39 is 10.9 Å². The minimum Gasteiger partial charge on any atom is -0.466 e. The summed E-state index contributed by atoms with van der Waals surface area (Å²) in [5.74, 6) is -0.0680. The molecule has 0 amide bonds. The monoisotopic (exact) mass is 818 g/mol. The number of nitrogens with one attached hydrogen (secondary N) is 2. The SMILES string of the molecule is CCCCCCCCCOC(=O)CCCCCCCN(CCCCCCCC(=O)OC(CCCCCCCC)CCCCCCCC)CCNc1c(NC)c(=O)c1=O. The molecule has 0 heterocycles. The lowest BCUT2D eigenvalue weighted by Gasteiger charge is -2.23. The fraction of sp³-hybridized carbons (Fsp3) is 0.878. The Morgan fingerprint density at radius 1 is 0.500 bits per heavy atom. The van der Waals surface area contributed by atoms with Gasteiger partial charge < -0.3 is 25.0 Å². The molecule has 58 heavy (non-hydrogen) atoms. The van der Waals surface area contributed by atoms with Crippen LogP contribution < -0.4 is 21.5 Å². The Hall–Kier alpha value is -2.42. The first kappa shape index (κ1) is 53.6. The second-order valence-electron chi connectivity index (χ2n) is 17.0. The molecule has 1 aromatic carbocycles. The van der Waals surface area contributed by atoms with Crippen LogP contribution in [-0.2, 0) is 19.1 Å². The molecule has 0 fully saturated rings. The van der Waals surface area contributed by atoms with Gasteiger partial charge in [0.05, 0.1) is 6.61 Å². The molecule has 9 nitrogen and oxygen atoms in total. The van der Waals surface area contributed by atoms with Crippen molar-refractivity contribution in [3.8, 4) is 0 Å². The molecule has 0 radical (unpaired) electrons. The van der Waals surface area contributed by atoms with Crippen molar-refractivity contribution in [1.82, 2.24) is 4.90 Å². The summed E-state index contributed by atoms with van der Waals surface area (Å²) in [5, 5.41) is 6.03. The van der Waals surface area contributed by atoms with Gasteiger partial charge in [-0.2, -0.15) is 0 Å². The molecule has 2 N–H and O–H groups in total. The third kappa shape index (κ3) is 28.9. The van der Waals surface area contributed by atoms with Crippen LogP contribution in [-0.4, -0.2) is 62.8 Å². The van der Waals surface area contributed by atoms with E-state index in [2.05, 4.69) is 36.3 Å². The van der Waals surface area contributed by atoms with Crippen LogP contribution >= 0.6 is 0 Å². The van der Waals surface area contributed by atoms with Gasteiger partial charge in [0, 0.05) is 33.0 Å². The lowest BCUT2D eigenvalue weighted by Crippen LogP contribution is -2.38. The number of carbonyl (C=O) groups excluding carboxylic acids is 2. The minimum absolute atomic E-state index is 0.0115. The van der Waals surface area contributed by atoms with E-state index in [9.17, 15) is 19.2 Å². The van der Waals surface area contributed by atoms with Crippen LogP contribution in [0.15, 0.2) is 9.59 Å². The molecule has 338 valence electrons. The Kier molecular flexibility index (Phi) is 35.8. The molecule has 0 spiro atoms. The van der Waals surface area contributed by atoms with Crippen LogP contribution in [0.2, 0.25) is 0 Å². The zero-order chi connectivity index (χ0) is 42.3. The quantitative estimate of drug-likeness (QED) is 0.0377. The maximum absolute atomic E-state index is 12.8. The number of rotatable bonds is 44. The first-order valence-corrected chi connectivity index (χ1v) is 24.7. The van der Waals surface area contributed by atoms with Crippen molar-refractivity contribution in [2.75, 3.05) is 50.5 Å². The molecule has 1 rings (SSSR count). The smallest absolute Gasteiger partial charge is 0.306 e. The Morgan fingerprint density at radius 3 is 1.41 bits per heavy atom. The largest absolute Gasteiger partial charge is 0.466 e. The van der Waals surface area contributed by atoms with Crippen molar-refractivity contribution in [2.24, 2.45) is 0 Å². The van der Waals surface area contributed by atoms with Gasteiger partial charge in [-0.15, -0.1) is 0 Å². The normalized spacial score (nSPS) is 11.6. The molecule has 0 saturated heterocycles. The highest BCUT2D eigenvalue weighted by Gasteiger charge is 2.19. The highest BCUT2D eigenvalue weighted by Crippen LogP contribution is 2.19. The lowest BCUT2D eigenvalue weighted by molar-refractivity contribution is -0.150. The fourth-order valence-electron chi connectivity index (χ4n) is 7.87. The van der Waals surface area contributed by atoms with Crippen molar-refractivity contribution in [1.29, 1.82) is 0 Å². The Balaban J connectivity index is 2.35. The van der Waals surface area contributed by atoms with Gasteiger partial charge in [-0.1, -0.05) is 162 Å². The second-order valence-corrected chi connectivity index (χ2v) is 17.0. The summed E-state index contributed by atoms with van der Waals surface area (Å²) in [6.07, 6.45) is 37.4. The maximum Gasteiger partial charge on any atom is 0.306 e. The van der Waals surface area contributed by atoms with Gasteiger partial charge >= 0.3 is 11.9 Å². The third-order valence-corrected chi connectivity index (χ3v) is 11.7. The number of esters is 2. The average molecular weight is 818 g/mol. The van der Waals surface area contributed by atoms with Gasteiger partial charge in [0.25, 0.3) is 10.9 Å². The molecule has 0 aromatic heterocycles. The number of nitrogens with zero attached hydrogens (tertiary/aromatic N) is 1. The molecule has 0 aliphatic rings. The van der Waals surface area contributed by atoms with Gasteiger partial charge in [-0.05, 0) is 70.9 Å². The lowest BCUT2D eigenvalue weighted by atomic mass is 10.0. The van der Waals surface area contributed by atoms with E-state index in [4.69, 9.17) is 9.47 Å². The Bertz CT molecular complexity index is 1170. The second kappa shape index (κ2) is 38.8. The van der Waals surface area contributed by atoms with Crippen molar-refractivity contribution in [3.63, 3.8) is 0 Å². The molecule has 0 atom stereocenters. The van der Waals surface area contributed by atoms with Crippen LogP contribution in [0.25, 0.3) is 0 Å². The number of carbonyl (C=O) groups is 2. The van der Waals surface area contributed by atoms with E-state index in [0.29, 0.717) is 37.4 Å². The summed E-state index contributed by atoms with van der Waals surface area (Å²) in [6.45, 7) is 10.7. The molecular weight excluding hydrogens is 727 g/mol. The Labute approximate surface area is 356 Å². The molecule has 0 aliphatic carbocycles. The summed E-state index contributed by atoms with van der Waals surface area (Å²) in [4.78, 5) is 51.3. The zero-order valence-electron chi connectivity index (χ0n) is 38.3. The highest BCUT2D eigenvalue weighted by atomic mass is 16.5. The standard InChI is InChI=1S/C49H91N3O6/c1-5-8-11-14-17-26-33-42-57-44(53)36-29-22-18-24-31-39-52(41-38-51-47-46(50-4)48(55)49(47)56)40-32-25-19-23-30-37-45(54)58-43(34-27-20-15-12-9-6-2)35-28-21-16-13-10-7-3/h43,50-51H,5-42H2,1-4H3. The van der Waals surface area contributed by atoms with Gasteiger partial charge in [-0.3, -0.25) is 19.2 Å². The van der Waals surface area contributed by atoms with Crippen molar-refractivity contribution < 1.29 is 19.1 Å². The van der Waals surface area contributed by atoms with Crippen molar-refractivity contribution in [3.05, 3.63) is 20.4 Å². The van der Waals surface area contributed by atoms with Crippen LogP contribution in [0.5, 0.6) is 0 Å². The van der Waals surface area contributed by atoms with Crippen LogP contribution in [0.1, 0.15) is 233 Å². The summed E-state index contributed by atoms with van der Waals surface area (Å²) >= 11 is 0. The topological polar surface area (TPSA) is 114 Å². The number of ether oxygens (including phenoxy) is 2. The summed E-state index contributed by atoms with van der Waals surface area (Å²) in [6, 6.07) is 0. The van der Waals surface area contributed by atoms with Gasteiger partial charge in [0.1, 0.15) is 17.5 Å². The molecule has 0 aliphatic heterocycles. The number of anilines is 2.